The van der Waals surface area contributed by atoms with Crippen LogP contribution in [-0.4, -0.2) is 11.2 Å². The van der Waals surface area contributed by atoms with E-state index in [9.17, 15) is 5.11 Å². The monoisotopic (exact) mass is 193 g/mol. The zero-order chi connectivity index (χ0) is 10.7. The van der Waals surface area contributed by atoms with Crippen molar-refractivity contribution < 1.29 is 5.11 Å². The van der Waals surface area contributed by atoms with Gasteiger partial charge in [0.05, 0.1) is 12.1 Å². The van der Waals surface area contributed by atoms with E-state index in [0.717, 1.165) is 5.56 Å². The van der Waals surface area contributed by atoms with Crippen LogP contribution in [0.25, 0.3) is 0 Å². The summed E-state index contributed by atoms with van der Waals surface area (Å²) in [4.78, 5) is 0. The van der Waals surface area contributed by atoms with Crippen molar-refractivity contribution in [3.05, 3.63) is 35.4 Å². The van der Waals surface area contributed by atoms with Crippen LogP contribution in [-0.2, 0) is 0 Å². The van der Waals surface area contributed by atoms with Crippen LogP contribution in [0, 0.1) is 0 Å². The lowest BCUT2D eigenvalue weighted by Gasteiger charge is -2.20. The van der Waals surface area contributed by atoms with Gasteiger partial charge in [0.25, 0.3) is 0 Å². The van der Waals surface area contributed by atoms with Gasteiger partial charge in [-0.1, -0.05) is 38.1 Å². The zero-order valence-electron chi connectivity index (χ0n) is 9.07. The summed E-state index contributed by atoms with van der Waals surface area (Å²) in [6.45, 7) is 5.99. The molecule has 3 N–H and O–H groups in total. The molecule has 0 saturated carbocycles. The number of aliphatic hydroxyl groups is 1. The van der Waals surface area contributed by atoms with E-state index in [4.69, 9.17) is 5.73 Å². The molecule has 0 fully saturated rings. The van der Waals surface area contributed by atoms with Gasteiger partial charge in [0.1, 0.15) is 0 Å². The van der Waals surface area contributed by atoms with Gasteiger partial charge in [-0.2, -0.15) is 0 Å². The molecule has 78 valence electrons. The molecular formula is C12H19NO. The van der Waals surface area contributed by atoms with Crippen LogP contribution in [0.1, 0.15) is 43.9 Å². The Labute approximate surface area is 85.8 Å². The molecule has 14 heavy (non-hydrogen) atoms. The Bertz CT molecular complexity index is 294. The van der Waals surface area contributed by atoms with Gasteiger partial charge in [-0.3, -0.25) is 0 Å². The predicted molar refractivity (Wildman–Crippen MR) is 59.1 cm³/mol. The van der Waals surface area contributed by atoms with E-state index in [0.29, 0.717) is 5.92 Å². The second-order valence-electron chi connectivity index (χ2n) is 4.05. The molecule has 2 atom stereocenters. The maximum atomic E-state index is 9.46. The first-order valence-electron chi connectivity index (χ1n) is 5.06. The zero-order valence-corrected chi connectivity index (χ0v) is 9.07. The Kier molecular flexibility index (Phi) is 3.67. The molecule has 0 aromatic heterocycles. The van der Waals surface area contributed by atoms with Gasteiger partial charge < -0.3 is 10.8 Å². The van der Waals surface area contributed by atoms with Crippen LogP contribution in [0.4, 0.5) is 0 Å². The molecular weight excluding hydrogens is 174 g/mol. The lowest BCUT2D eigenvalue weighted by atomic mass is 9.91. The summed E-state index contributed by atoms with van der Waals surface area (Å²) in [7, 11) is 0. The van der Waals surface area contributed by atoms with E-state index < -0.39 is 6.10 Å². The first-order chi connectivity index (χ1) is 6.54. The van der Waals surface area contributed by atoms with Gasteiger partial charge in [-0.05, 0) is 24.0 Å². The van der Waals surface area contributed by atoms with Crippen LogP contribution in [0.3, 0.4) is 0 Å². The number of aliphatic hydroxyl groups excluding tert-OH is 1. The third-order valence-electron chi connectivity index (χ3n) is 2.50. The average molecular weight is 193 g/mol. The first-order valence-corrected chi connectivity index (χ1v) is 5.06. The van der Waals surface area contributed by atoms with Crippen molar-refractivity contribution >= 4 is 0 Å². The third-order valence-corrected chi connectivity index (χ3v) is 2.50. The molecule has 0 aliphatic rings. The molecule has 0 amide bonds. The predicted octanol–water partition coefficient (Wildman–Crippen LogP) is 2.19. The van der Waals surface area contributed by atoms with E-state index in [2.05, 4.69) is 19.9 Å². The van der Waals surface area contributed by atoms with Gasteiger partial charge >= 0.3 is 0 Å². The van der Waals surface area contributed by atoms with Crippen molar-refractivity contribution in [2.24, 2.45) is 5.73 Å². The van der Waals surface area contributed by atoms with E-state index in [-0.39, 0.29) is 6.04 Å². The highest BCUT2D eigenvalue weighted by Crippen LogP contribution is 2.25. The average Bonchev–Trinajstić information content (AvgIpc) is 2.16. The first kappa shape index (κ1) is 11.2. The quantitative estimate of drug-likeness (QED) is 0.773. The van der Waals surface area contributed by atoms with Crippen LogP contribution in [0.5, 0.6) is 0 Å². The summed E-state index contributed by atoms with van der Waals surface area (Å²) in [5.41, 5.74) is 8.20. The molecule has 0 radical (unpaired) electrons. The molecule has 1 aromatic carbocycles. The van der Waals surface area contributed by atoms with Gasteiger partial charge in [0, 0.05) is 0 Å². The van der Waals surface area contributed by atoms with E-state index in [1.54, 1.807) is 6.92 Å². The Hall–Kier alpha value is -0.860. The highest BCUT2D eigenvalue weighted by molar-refractivity contribution is 5.32. The van der Waals surface area contributed by atoms with Crippen molar-refractivity contribution in [1.29, 1.82) is 0 Å². The molecule has 0 heterocycles. The number of nitrogens with two attached hydrogens (primary N) is 1. The second kappa shape index (κ2) is 4.58. The van der Waals surface area contributed by atoms with Crippen LogP contribution >= 0.6 is 0 Å². The van der Waals surface area contributed by atoms with Crippen LogP contribution < -0.4 is 5.73 Å². The van der Waals surface area contributed by atoms with E-state index in [1.807, 2.05) is 18.2 Å². The van der Waals surface area contributed by atoms with Crippen molar-refractivity contribution in [3.63, 3.8) is 0 Å². The maximum Gasteiger partial charge on any atom is 0.0704 e. The van der Waals surface area contributed by atoms with Gasteiger partial charge in [-0.15, -0.1) is 0 Å². The topological polar surface area (TPSA) is 46.2 Å². The van der Waals surface area contributed by atoms with Crippen molar-refractivity contribution in [1.82, 2.24) is 0 Å². The minimum absolute atomic E-state index is 0.284. The highest BCUT2D eigenvalue weighted by atomic mass is 16.3. The molecule has 1 rings (SSSR count). The SMILES string of the molecule is CC(C)c1ccccc1[C@@H](N)[C@@H](C)O. The molecule has 2 nitrogen and oxygen atoms in total. The van der Waals surface area contributed by atoms with Crippen molar-refractivity contribution in [2.45, 2.75) is 38.8 Å². The Balaban J connectivity index is 3.06. The summed E-state index contributed by atoms with van der Waals surface area (Å²) in [5, 5.41) is 9.46. The summed E-state index contributed by atoms with van der Waals surface area (Å²) in [5.74, 6) is 0.441. The number of benzene rings is 1. The van der Waals surface area contributed by atoms with Crippen LogP contribution in [0.2, 0.25) is 0 Å². The summed E-state index contributed by atoms with van der Waals surface area (Å²) < 4.78 is 0. The number of hydrogen-bond donors (Lipinski definition) is 2. The molecule has 0 aliphatic carbocycles. The fraction of sp³-hybridized carbons (Fsp3) is 0.500. The minimum Gasteiger partial charge on any atom is -0.391 e. The molecule has 1 aromatic rings. The molecule has 0 saturated heterocycles. The molecule has 0 spiro atoms. The normalized spacial score (nSPS) is 15.6. The Morgan fingerprint density at radius 1 is 1.07 bits per heavy atom. The van der Waals surface area contributed by atoms with E-state index in [1.165, 1.54) is 5.56 Å². The largest absolute Gasteiger partial charge is 0.391 e. The molecule has 0 aliphatic heterocycles. The molecule has 0 unspecified atom stereocenters. The number of rotatable bonds is 3. The Morgan fingerprint density at radius 2 is 1.57 bits per heavy atom. The minimum atomic E-state index is -0.505. The molecule has 2 heteroatoms. The fourth-order valence-electron chi connectivity index (χ4n) is 1.60. The Morgan fingerprint density at radius 3 is 2.00 bits per heavy atom. The van der Waals surface area contributed by atoms with Crippen LogP contribution in [0.15, 0.2) is 24.3 Å². The second-order valence-corrected chi connectivity index (χ2v) is 4.05. The highest BCUT2D eigenvalue weighted by Gasteiger charge is 2.16. The van der Waals surface area contributed by atoms with Crippen molar-refractivity contribution in [3.8, 4) is 0 Å². The van der Waals surface area contributed by atoms with Gasteiger partial charge in [0.15, 0.2) is 0 Å². The number of hydrogen-bond acceptors (Lipinski definition) is 2. The van der Waals surface area contributed by atoms with E-state index >= 15 is 0 Å². The summed E-state index contributed by atoms with van der Waals surface area (Å²) in [6, 6.07) is 7.75. The summed E-state index contributed by atoms with van der Waals surface area (Å²) in [6.07, 6.45) is -0.505. The molecule has 0 bridgehead atoms. The lowest BCUT2D eigenvalue weighted by molar-refractivity contribution is 0.164. The van der Waals surface area contributed by atoms with Gasteiger partial charge in [-0.25, -0.2) is 0 Å². The van der Waals surface area contributed by atoms with Crippen molar-refractivity contribution in [2.75, 3.05) is 0 Å². The maximum absolute atomic E-state index is 9.46. The standard InChI is InChI=1S/C12H19NO/c1-8(2)10-6-4-5-7-11(10)12(13)9(3)14/h4-9,12,14H,13H2,1-3H3/t9-,12+/m1/s1. The van der Waals surface area contributed by atoms with Gasteiger partial charge in [0.2, 0.25) is 0 Å². The lowest BCUT2D eigenvalue weighted by Crippen LogP contribution is -2.24. The smallest absolute Gasteiger partial charge is 0.0704 e. The fourth-order valence-corrected chi connectivity index (χ4v) is 1.60. The third kappa shape index (κ3) is 2.34. The summed E-state index contributed by atoms with van der Waals surface area (Å²) >= 11 is 0.